The first-order chi connectivity index (χ1) is 36.6. The van der Waals surface area contributed by atoms with Crippen LogP contribution in [0.5, 0.6) is 0 Å². The van der Waals surface area contributed by atoms with Crippen LogP contribution in [0.4, 0.5) is 0 Å². The van der Waals surface area contributed by atoms with Crippen molar-refractivity contribution in [2.45, 2.75) is 12.8 Å². The number of rotatable bonds is 5. The number of allylic oxidation sites excluding steroid dienone is 1. The lowest BCUT2D eigenvalue weighted by atomic mass is 9.96. The maximum atomic E-state index is 10.2. The van der Waals surface area contributed by atoms with E-state index in [0.29, 0.717) is 11.3 Å². The van der Waals surface area contributed by atoms with E-state index in [0.717, 1.165) is 10.1 Å². The van der Waals surface area contributed by atoms with Crippen molar-refractivity contribution in [2.75, 3.05) is 0 Å². The standard InChI is InChI=1S/C54H37N3/c1-3-15-36(16-4-1)37-17-13-20-40(33-37)57-51-28-12-7-21-43(51)46-25-14-24-42(54(46)57)38-29-31-52-47(34-38)44-22-8-11-27-50(44)56(52)41-30-32-53-48(35-41)45-23-9-10-26-49(45)55(53)39-18-5-2-6-19-39/h1-7,9-21,23-35H,8,22H2/i7D,8D,9D,10D,11D,12D,14D,21D,22D,23D,24D,25D,26D,28D,29D,30D,31D,32D,34D,35D. The van der Waals surface area contributed by atoms with E-state index in [9.17, 15) is 16.4 Å². The molecular weight excluding hydrogens is 691 g/mol. The number of para-hydroxylation sites is 4. The molecule has 3 heterocycles. The van der Waals surface area contributed by atoms with Gasteiger partial charge in [-0.25, -0.2) is 0 Å². The average Bonchev–Trinajstić information content (AvgIpc) is 4.29. The minimum absolute atomic E-state index is 0.0957. The Morgan fingerprint density at radius 2 is 1.12 bits per heavy atom. The highest BCUT2D eigenvalue weighted by Gasteiger charge is 2.22. The summed E-state index contributed by atoms with van der Waals surface area (Å²) in [6.07, 6.45) is -2.13. The van der Waals surface area contributed by atoms with Crippen LogP contribution in [0.15, 0.2) is 194 Å². The molecule has 0 radical (unpaired) electrons. The third-order valence-electron chi connectivity index (χ3n) is 10.4. The number of aromatic nitrogens is 3. The number of aryl methyl sites for hydroxylation is 1. The van der Waals surface area contributed by atoms with Crippen molar-refractivity contribution >= 4 is 60.6 Å². The Bertz CT molecular complexity index is 4520. The third kappa shape index (κ3) is 4.85. The zero-order valence-electron chi connectivity index (χ0n) is 49.7. The largest absolute Gasteiger partial charge is 0.310 e. The van der Waals surface area contributed by atoms with Crippen molar-refractivity contribution in [3.05, 3.63) is 205 Å². The van der Waals surface area contributed by atoms with Crippen molar-refractivity contribution in [1.29, 1.82) is 0 Å². The van der Waals surface area contributed by atoms with E-state index in [1.807, 2.05) is 36.4 Å². The van der Waals surface area contributed by atoms with E-state index in [1.54, 1.807) is 48.5 Å². The molecule has 57 heavy (non-hydrogen) atoms. The highest BCUT2D eigenvalue weighted by Crippen LogP contribution is 2.42. The van der Waals surface area contributed by atoms with E-state index in [4.69, 9.17) is 11.0 Å². The van der Waals surface area contributed by atoms with Gasteiger partial charge in [0.05, 0.1) is 52.3 Å². The fraction of sp³-hybridized carbons (Fsp3) is 0.0370. The lowest BCUT2D eigenvalue weighted by Gasteiger charge is -2.14. The van der Waals surface area contributed by atoms with E-state index < -0.39 is 133 Å². The van der Waals surface area contributed by atoms with Crippen LogP contribution in [0.2, 0.25) is 0 Å². The van der Waals surface area contributed by atoms with Gasteiger partial charge in [0, 0.05) is 58.0 Å². The molecule has 3 heteroatoms. The molecule has 0 N–H and O–H groups in total. The molecule has 2 unspecified atom stereocenters. The topological polar surface area (TPSA) is 14.8 Å². The second-order valence-electron chi connectivity index (χ2n) is 13.5. The van der Waals surface area contributed by atoms with Gasteiger partial charge in [-0.15, -0.1) is 0 Å². The number of hydrogen-bond acceptors (Lipinski definition) is 0. The van der Waals surface area contributed by atoms with Gasteiger partial charge >= 0.3 is 0 Å². The molecule has 8 aromatic carbocycles. The van der Waals surface area contributed by atoms with Crippen molar-refractivity contribution in [3.8, 4) is 39.3 Å². The van der Waals surface area contributed by atoms with Gasteiger partial charge in [-0.1, -0.05) is 127 Å². The Balaban J connectivity index is 1.27. The van der Waals surface area contributed by atoms with Crippen LogP contribution in [0.3, 0.4) is 0 Å². The molecule has 0 aliphatic heterocycles. The Labute approximate surface area is 358 Å². The molecule has 11 aromatic rings. The number of benzene rings is 8. The Morgan fingerprint density at radius 3 is 1.96 bits per heavy atom. The van der Waals surface area contributed by atoms with Crippen molar-refractivity contribution in [3.63, 3.8) is 0 Å². The van der Waals surface area contributed by atoms with Crippen molar-refractivity contribution < 1.29 is 27.4 Å². The van der Waals surface area contributed by atoms with E-state index in [-0.39, 0.29) is 77.0 Å². The zero-order valence-corrected chi connectivity index (χ0v) is 29.7. The van der Waals surface area contributed by atoms with Crippen LogP contribution >= 0.6 is 0 Å². The molecule has 268 valence electrons. The average molecular weight is 748 g/mol. The number of nitrogens with zero attached hydrogens (tertiary/aromatic N) is 3. The molecule has 2 atom stereocenters. The minimum Gasteiger partial charge on any atom is -0.310 e. The van der Waals surface area contributed by atoms with E-state index in [1.165, 1.54) is 15.2 Å². The van der Waals surface area contributed by atoms with Gasteiger partial charge < -0.3 is 13.7 Å². The third-order valence-corrected chi connectivity index (χ3v) is 10.4. The van der Waals surface area contributed by atoms with Crippen LogP contribution in [-0.4, -0.2) is 13.7 Å². The SMILES string of the molecule is [2H]C1=Cc2c(c3c([2H])c(-c4c([2H])c([2H])c([2H])c5c6c([2H])c([2H])c([2H])c([2H])c6n(-c6cccc(-c7ccccc7)c6)c45)c([2H])c([2H])c3n2-c2c([2H])c([2H])c3c(c2[2H])c2c([2H])c([2H])c([2H])c([2H])c2n3-c2ccccc2)C([2H])C1[2H]. The highest BCUT2D eigenvalue weighted by molar-refractivity contribution is 6.14. The number of hydrogen-bond donors (Lipinski definition) is 0. The summed E-state index contributed by atoms with van der Waals surface area (Å²) in [6.45, 7) is 0. The molecule has 3 nitrogen and oxygen atoms in total. The summed E-state index contributed by atoms with van der Waals surface area (Å²) in [7, 11) is 0. The van der Waals surface area contributed by atoms with Gasteiger partial charge in [-0.3, -0.25) is 0 Å². The van der Waals surface area contributed by atoms with Crippen LogP contribution in [0, 0.1) is 0 Å². The van der Waals surface area contributed by atoms with Gasteiger partial charge in [-0.05, 0) is 108 Å². The van der Waals surface area contributed by atoms with E-state index >= 15 is 0 Å². The molecule has 1 aliphatic rings. The van der Waals surface area contributed by atoms with Gasteiger partial charge in [0.25, 0.3) is 0 Å². The Kier molecular flexibility index (Phi) is 3.99. The monoisotopic (exact) mass is 747 g/mol. The molecule has 0 saturated carbocycles. The minimum atomic E-state index is -1.71. The second-order valence-corrected chi connectivity index (χ2v) is 13.5. The van der Waals surface area contributed by atoms with Crippen molar-refractivity contribution in [1.82, 2.24) is 13.7 Å². The van der Waals surface area contributed by atoms with Gasteiger partial charge in [-0.2, -0.15) is 0 Å². The second kappa shape index (κ2) is 12.6. The first-order valence-corrected chi connectivity index (χ1v) is 18.1. The first kappa shape index (κ1) is 18.1. The quantitative estimate of drug-likeness (QED) is 0.167. The lowest BCUT2D eigenvalue weighted by molar-refractivity contribution is 0.968. The summed E-state index contributed by atoms with van der Waals surface area (Å²) in [5.41, 5.74) is -0.521. The summed E-state index contributed by atoms with van der Waals surface area (Å²) in [6, 6.07) is 13.3. The van der Waals surface area contributed by atoms with E-state index in [2.05, 4.69) is 0 Å². The van der Waals surface area contributed by atoms with Crippen LogP contribution in [0.25, 0.3) is 99.9 Å². The molecule has 0 bridgehead atoms. The summed E-state index contributed by atoms with van der Waals surface area (Å²) >= 11 is 0. The fourth-order valence-corrected chi connectivity index (χ4v) is 7.97. The van der Waals surface area contributed by atoms with Crippen LogP contribution < -0.4 is 0 Å². The molecule has 0 spiro atoms. The van der Waals surface area contributed by atoms with Gasteiger partial charge in [0.1, 0.15) is 0 Å². The summed E-state index contributed by atoms with van der Waals surface area (Å²) in [4.78, 5) is 0. The van der Waals surface area contributed by atoms with Gasteiger partial charge in [0.2, 0.25) is 0 Å². The molecule has 3 aromatic heterocycles. The lowest BCUT2D eigenvalue weighted by Crippen LogP contribution is -2.00. The number of fused-ring (bicyclic) bond motifs is 9. The predicted molar refractivity (Wildman–Crippen MR) is 240 cm³/mol. The molecule has 1 aliphatic carbocycles. The molecule has 12 rings (SSSR count). The predicted octanol–water partition coefficient (Wildman–Crippen LogP) is 14.1. The summed E-state index contributed by atoms with van der Waals surface area (Å²) < 4.78 is 191. The maximum absolute atomic E-state index is 10.2. The normalized spacial score (nSPS) is 20.4. The molecule has 0 amide bonds. The molecular formula is C54H37N3. The molecule has 0 saturated heterocycles. The summed E-state index contributed by atoms with van der Waals surface area (Å²) in [5, 5.41) is -1.05. The maximum Gasteiger partial charge on any atom is 0.0652 e. The van der Waals surface area contributed by atoms with Crippen LogP contribution in [0.1, 0.15) is 45.1 Å². The summed E-state index contributed by atoms with van der Waals surface area (Å²) in [5.74, 6) is 0. The zero-order chi connectivity index (χ0) is 54.9. The molecule has 0 fully saturated rings. The highest BCUT2D eigenvalue weighted by atomic mass is 15.0. The van der Waals surface area contributed by atoms with Gasteiger partial charge in [0.15, 0.2) is 0 Å². The smallest absolute Gasteiger partial charge is 0.0652 e. The Hall–Kier alpha value is -7.36. The first-order valence-electron chi connectivity index (χ1n) is 28.3. The fourth-order valence-electron chi connectivity index (χ4n) is 7.97. The Morgan fingerprint density at radius 1 is 0.456 bits per heavy atom. The van der Waals surface area contributed by atoms with Crippen LogP contribution in [-0.2, 0) is 6.40 Å². The van der Waals surface area contributed by atoms with Crippen molar-refractivity contribution in [2.24, 2.45) is 0 Å².